The van der Waals surface area contributed by atoms with Gasteiger partial charge < -0.3 is 4.90 Å². The third-order valence-corrected chi connectivity index (χ3v) is 4.82. The number of likely N-dealkylation sites (tertiary alicyclic amines) is 1. The van der Waals surface area contributed by atoms with Gasteiger partial charge in [0.05, 0.1) is 0 Å². The van der Waals surface area contributed by atoms with E-state index in [9.17, 15) is 4.79 Å². The fourth-order valence-electron chi connectivity index (χ4n) is 2.71. The van der Waals surface area contributed by atoms with E-state index in [1.807, 2.05) is 24.0 Å². The van der Waals surface area contributed by atoms with E-state index in [0.717, 1.165) is 37.4 Å². The van der Waals surface area contributed by atoms with Crippen LogP contribution in [0.3, 0.4) is 0 Å². The van der Waals surface area contributed by atoms with Crippen molar-refractivity contribution < 1.29 is 4.79 Å². The van der Waals surface area contributed by atoms with Gasteiger partial charge in [-0.25, -0.2) is 9.97 Å². The lowest BCUT2D eigenvalue weighted by Crippen LogP contribution is -2.28. The summed E-state index contributed by atoms with van der Waals surface area (Å²) in [6, 6.07) is 6.03. The molecule has 5 heteroatoms. The number of thiophene rings is 1. The Morgan fingerprint density at radius 3 is 3.14 bits per heavy atom. The largest absolute Gasteiger partial charge is 0.342 e. The van der Waals surface area contributed by atoms with Gasteiger partial charge in [-0.15, -0.1) is 11.3 Å². The molecule has 1 aliphatic heterocycles. The van der Waals surface area contributed by atoms with E-state index in [2.05, 4.69) is 21.4 Å². The summed E-state index contributed by atoms with van der Waals surface area (Å²) in [5.41, 5.74) is 0.988. The van der Waals surface area contributed by atoms with Gasteiger partial charge in [0.1, 0.15) is 5.82 Å². The molecule has 1 amide bonds. The number of hydrogen-bond donors (Lipinski definition) is 0. The molecule has 3 heterocycles. The first-order valence-corrected chi connectivity index (χ1v) is 8.20. The first-order chi connectivity index (χ1) is 10.2. The Hall–Kier alpha value is -1.75. The zero-order valence-corrected chi connectivity index (χ0v) is 13.0. The molecule has 0 aliphatic carbocycles. The van der Waals surface area contributed by atoms with Crippen LogP contribution in [-0.4, -0.2) is 33.9 Å². The lowest BCUT2D eigenvalue weighted by molar-refractivity contribution is -0.130. The van der Waals surface area contributed by atoms with E-state index in [-0.39, 0.29) is 11.8 Å². The van der Waals surface area contributed by atoms with Gasteiger partial charge in [-0.1, -0.05) is 6.07 Å². The van der Waals surface area contributed by atoms with E-state index in [4.69, 9.17) is 0 Å². The smallest absolute Gasteiger partial charge is 0.222 e. The van der Waals surface area contributed by atoms with Crippen LogP contribution in [0.5, 0.6) is 0 Å². The number of carbonyl (C=O) groups is 1. The molecule has 1 atom stereocenters. The molecular weight excluding hydrogens is 282 g/mol. The summed E-state index contributed by atoms with van der Waals surface area (Å²) < 4.78 is 0. The van der Waals surface area contributed by atoms with Crippen LogP contribution in [0.15, 0.2) is 29.8 Å². The minimum atomic E-state index is 0.249. The summed E-state index contributed by atoms with van der Waals surface area (Å²) in [6.45, 7) is 3.56. The SMILES string of the molecule is Cc1ccnc([C@@H]2CCN(C(=O)CCc3cccs3)C2)n1. The maximum Gasteiger partial charge on any atom is 0.222 e. The van der Waals surface area contributed by atoms with Crippen molar-refractivity contribution in [3.8, 4) is 0 Å². The standard InChI is InChI=1S/C16H19N3OS/c1-12-6-8-17-16(18-12)13-7-9-19(11-13)15(20)5-4-14-3-2-10-21-14/h2-3,6,8,10,13H,4-5,7,9,11H2,1H3/t13-/m1/s1. The van der Waals surface area contributed by atoms with Crippen LogP contribution in [0.25, 0.3) is 0 Å². The monoisotopic (exact) mass is 301 g/mol. The topological polar surface area (TPSA) is 46.1 Å². The zero-order valence-electron chi connectivity index (χ0n) is 12.2. The van der Waals surface area contributed by atoms with E-state index in [1.165, 1.54) is 4.88 Å². The van der Waals surface area contributed by atoms with Gasteiger partial charge >= 0.3 is 0 Å². The molecule has 1 aliphatic rings. The van der Waals surface area contributed by atoms with Crippen molar-refractivity contribution in [2.45, 2.75) is 32.1 Å². The van der Waals surface area contributed by atoms with Crippen LogP contribution in [0.4, 0.5) is 0 Å². The predicted octanol–water partition coefficient (Wildman–Crippen LogP) is 2.80. The molecule has 110 valence electrons. The third kappa shape index (κ3) is 3.47. The minimum Gasteiger partial charge on any atom is -0.342 e. The average molecular weight is 301 g/mol. The Morgan fingerprint density at radius 2 is 2.38 bits per heavy atom. The van der Waals surface area contributed by atoms with Crippen molar-refractivity contribution in [1.29, 1.82) is 0 Å². The lowest BCUT2D eigenvalue weighted by Gasteiger charge is -2.16. The maximum absolute atomic E-state index is 12.3. The van der Waals surface area contributed by atoms with Gasteiger partial charge in [0, 0.05) is 42.2 Å². The number of hydrogen-bond acceptors (Lipinski definition) is 4. The van der Waals surface area contributed by atoms with Gasteiger partial charge in [-0.2, -0.15) is 0 Å². The molecule has 2 aromatic heterocycles. The van der Waals surface area contributed by atoms with Gasteiger partial charge in [0.2, 0.25) is 5.91 Å². The summed E-state index contributed by atoms with van der Waals surface area (Å²) in [5.74, 6) is 1.41. The van der Waals surface area contributed by atoms with Crippen LogP contribution in [-0.2, 0) is 11.2 Å². The van der Waals surface area contributed by atoms with Gasteiger partial charge in [0.15, 0.2) is 0 Å². The molecule has 1 fully saturated rings. The Balaban J connectivity index is 1.55. The summed E-state index contributed by atoms with van der Waals surface area (Å²) >= 11 is 1.72. The van der Waals surface area contributed by atoms with Crippen LogP contribution in [0, 0.1) is 6.92 Å². The number of aryl methyl sites for hydroxylation is 2. The van der Waals surface area contributed by atoms with Crippen molar-refractivity contribution in [3.63, 3.8) is 0 Å². The molecule has 2 aromatic rings. The highest BCUT2D eigenvalue weighted by atomic mass is 32.1. The highest BCUT2D eigenvalue weighted by Crippen LogP contribution is 2.25. The minimum absolute atomic E-state index is 0.249. The Labute approximate surface area is 128 Å². The molecule has 21 heavy (non-hydrogen) atoms. The summed E-state index contributed by atoms with van der Waals surface area (Å²) in [5, 5.41) is 2.06. The summed E-state index contributed by atoms with van der Waals surface area (Å²) in [4.78, 5) is 24.4. The Kier molecular flexibility index (Phi) is 4.29. The molecule has 0 N–H and O–H groups in total. The number of rotatable bonds is 4. The molecular formula is C16H19N3OS. The number of nitrogens with zero attached hydrogens (tertiary/aromatic N) is 3. The van der Waals surface area contributed by atoms with Crippen molar-refractivity contribution in [2.24, 2.45) is 0 Å². The quantitative estimate of drug-likeness (QED) is 0.872. The Bertz CT molecular complexity index is 612. The molecule has 0 spiro atoms. The first kappa shape index (κ1) is 14.2. The van der Waals surface area contributed by atoms with Crippen molar-refractivity contribution in [2.75, 3.05) is 13.1 Å². The second kappa shape index (κ2) is 6.35. The van der Waals surface area contributed by atoms with E-state index in [1.54, 1.807) is 17.5 Å². The van der Waals surface area contributed by atoms with Crippen molar-refractivity contribution in [3.05, 3.63) is 46.2 Å². The molecule has 0 unspecified atom stereocenters. The summed E-state index contributed by atoms with van der Waals surface area (Å²) in [7, 11) is 0. The zero-order chi connectivity index (χ0) is 14.7. The highest BCUT2D eigenvalue weighted by Gasteiger charge is 2.28. The van der Waals surface area contributed by atoms with Crippen LogP contribution >= 0.6 is 11.3 Å². The normalized spacial score (nSPS) is 18.1. The molecule has 0 radical (unpaired) electrons. The number of amides is 1. The van der Waals surface area contributed by atoms with Crippen LogP contribution < -0.4 is 0 Å². The van der Waals surface area contributed by atoms with E-state index >= 15 is 0 Å². The summed E-state index contributed by atoms with van der Waals surface area (Å²) in [6.07, 6.45) is 4.22. The Morgan fingerprint density at radius 1 is 1.48 bits per heavy atom. The first-order valence-electron chi connectivity index (χ1n) is 7.32. The fraction of sp³-hybridized carbons (Fsp3) is 0.438. The van der Waals surface area contributed by atoms with E-state index in [0.29, 0.717) is 6.42 Å². The molecule has 4 nitrogen and oxygen atoms in total. The van der Waals surface area contributed by atoms with Crippen molar-refractivity contribution in [1.82, 2.24) is 14.9 Å². The highest BCUT2D eigenvalue weighted by molar-refractivity contribution is 7.09. The number of carbonyl (C=O) groups excluding carboxylic acids is 1. The fourth-order valence-corrected chi connectivity index (χ4v) is 3.41. The molecule has 1 saturated heterocycles. The average Bonchev–Trinajstić information content (AvgIpc) is 3.16. The van der Waals surface area contributed by atoms with Crippen LogP contribution in [0.1, 0.15) is 35.2 Å². The molecule has 0 aromatic carbocycles. The van der Waals surface area contributed by atoms with Crippen LogP contribution in [0.2, 0.25) is 0 Å². The molecule has 0 saturated carbocycles. The number of aromatic nitrogens is 2. The third-order valence-electron chi connectivity index (χ3n) is 3.88. The second-order valence-corrected chi connectivity index (χ2v) is 6.49. The van der Waals surface area contributed by atoms with Gasteiger partial charge in [0.25, 0.3) is 0 Å². The van der Waals surface area contributed by atoms with Crippen molar-refractivity contribution >= 4 is 17.2 Å². The molecule has 3 rings (SSSR count). The van der Waals surface area contributed by atoms with Gasteiger partial charge in [-0.05, 0) is 37.3 Å². The maximum atomic E-state index is 12.3. The molecule has 0 bridgehead atoms. The van der Waals surface area contributed by atoms with Gasteiger partial charge in [-0.3, -0.25) is 4.79 Å². The second-order valence-electron chi connectivity index (χ2n) is 5.46. The lowest BCUT2D eigenvalue weighted by atomic mass is 10.1. The predicted molar refractivity (Wildman–Crippen MR) is 83.3 cm³/mol. The van der Waals surface area contributed by atoms with E-state index < -0.39 is 0 Å².